The van der Waals surface area contributed by atoms with Gasteiger partial charge in [-0.15, -0.1) is 0 Å². The lowest BCUT2D eigenvalue weighted by atomic mass is 9.70. The fraction of sp³-hybridized carbons (Fsp3) is 0.929. The minimum absolute atomic E-state index is 0.178. The second-order valence-electron chi connectivity index (χ2n) is 6.64. The van der Waals surface area contributed by atoms with Crippen molar-refractivity contribution in [1.29, 1.82) is 0 Å². The van der Waals surface area contributed by atoms with Gasteiger partial charge in [0.15, 0.2) is 0 Å². The SMILES string of the molecule is CC1(CNC(=O)C(C)(C)N2CCNCC2)CCC1. The van der Waals surface area contributed by atoms with Crippen molar-refractivity contribution in [3.63, 3.8) is 0 Å². The molecule has 0 aromatic carbocycles. The van der Waals surface area contributed by atoms with Crippen LogP contribution in [0, 0.1) is 5.41 Å². The second-order valence-corrected chi connectivity index (χ2v) is 6.64. The fourth-order valence-electron chi connectivity index (χ4n) is 2.83. The predicted octanol–water partition coefficient (Wildman–Crippen LogP) is 0.977. The van der Waals surface area contributed by atoms with E-state index in [4.69, 9.17) is 0 Å². The number of hydrogen-bond donors (Lipinski definition) is 2. The maximum Gasteiger partial charge on any atom is 0.239 e. The minimum atomic E-state index is -0.387. The van der Waals surface area contributed by atoms with E-state index in [1.807, 2.05) is 13.8 Å². The van der Waals surface area contributed by atoms with Crippen LogP contribution in [0.3, 0.4) is 0 Å². The standard InChI is InChI=1S/C14H27N3O/c1-13(2,17-9-7-15-8-10-17)12(18)16-11-14(3)5-4-6-14/h15H,4-11H2,1-3H3,(H,16,18). The van der Waals surface area contributed by atoms with Crippen molar-refractivity contribution >= 4 is 5.91 Å². The quantitative estimate of drug-likeness (QED) is 0.785. The molecule has 1 aliphatic heterocycles. The average Bonchev–Trinajstić information content (AvgIpc) is 2.34. The summed E-state index contributed by atoms with van der Waals surface area (Å²) in [6.07, 6.45) is 3.82. The molecule has 2 rings (SSSR count). The Morgan fingerprint density at radius 1 is 1.33 bits per heavy atom. The minimum Gasteiger partial charge on any atom is -0.354 e. The normalized spacial score (nSPS) is 24.4. The molecule has 1 aliphatic carbocycles. The van der Waals surface area contributed by atoms with Crippen molar-refractivity contribution in [2.45, 2.75) is 45.6 Å². The zero-order chi connectivity index (χ0) is 13.2. The summed E-state index contributed by atoms with van der Waals surface area (Å²) in [6.45, 7) is 11.1. The van der Waals surface area contributed by atoms with Gasteiger partial charge in [0.1, 0.15) is 0 Å². The topological polar surface area (TPSA) is 44.4 Å². The molecule has 0 aromatic heterocycles. The van der Waals surface area contributed by atoms with Crippen LogP contribution >= 0.6 is 0 Å². The van der Waals surface area contributed by atoms with Crippen molar-refractivity contribution in [1.82, 2.24) is 15.5 Å². The highest BCUT2D eigenvalue weighted by atomic mass is 16.2. The molecule has 0 bridgehead atoms. The smallest absolute Gasteiger partial charge is 0.239 e. The van der Waals surface area contributed by atoms with Gasteiger partial charge in [-0.3, -0.25) is 9.69 Å². The lowest BCUT2D eigenvalue weighted by molar-refractivity contribution is -0.132. The van der Waals surface area contributed by atoms with Gasteiger partial charge in [-0.1, -0.05) is 13.3 Å². The molecule has 0 atom stereocenters. The summed E-state index contributed by atoms with van der Waals surface area (Å²) in [5.41, 5.74) is -0.0304. The summed E-state index contributed by atoms with van der Waals surface area (Å²) in [6, 6.07) is 0. The molecule has 2 aliphatic rings. The molecule has 1 saturated heterocycles. The maximum absolute atomic E-state index is 12.4. The van der Waals surface area contributed by atoms with Gasteiger partial charge in [-0.2, -0.15) is 0 Å². The molecule has 0 aromatic rings. The van der Waals surface area contributed by atoms with Crippen LogP contribution in [0.5, 0.6) is 0 Å². The number of carbonyl (C=O) groups is 1. The molecule has 0 spiro atoms. The third-order valence-electron chi connectivity index (χ3n) is 4.70. The van der Waals surface area contributed by atoms with E-state index in [-0.39, 0.29) is 11.4 Å². The van der Waals surface area contributed by atoms with Crippen molar-refractivity contribution in [2.75, 3.05) is 32.7 Å². The number of piperazine rings is 1. The number of hydrogen-bond acceptors (Lipinski definition) is 3. The Morgan fingerprint density at radius 2 is 1.94 bits per heavy atom. The Bertz CT molecular complexity index is 304. The first-order chi connectivity index (χ1) is 8.44. The van der Waals surface area contributed by atoms with Crippen LogP contribution in [0.4, 0.5) is 0 Å². The van der Waals surface area contributed by atoms with Gasteiger partial charge in [0.05, 0.1) is 5.54 Å². The molecule has 0 radical (unpaired) electrons. The first kappa shape index (κ1) is 13.8. The Morgan fingerprint density at radius 3 is 2.44 bits per heavy atom. The summed E-state index contributed by atoms with van der Waals surface area (Å²) in [7, 11) is 0. The van der Waals surface area contributed by atoms with Crippen molar-refractivity contribution in [2.24, 2.45) is 5.41 Å². The van der Waals surface area contributed by atoms with Crippen LogP contribution in [-0.2, 0) is 4.79 Å². The van der Waals surface area contributed by atoms with Crippen molar-refractivity contribution < 1.29 is 4.79 Å². The molecule has 1 heterocycles. The molecule has 0 unspecified atom stereocenters. The molecular weight excluding hydrogens is 226 g/mol. The molecule has 1 saturated carbocycles. The zero-order valence-electron chi connectivity index (χ0n) is 12.0. The predicted molar refractivity (Wildman–Crippen MR) is 73.5 cm³/mol. The third kappa shape index (κ3) is 2.86. The summed E-state index contributed by atoms with van der Waals surface area (Å²) < 4.78 is 0. The summed E-state index contributed by atoms with van der Waals surface area (Å²) >= 11 is 0. The van der Waals surface area contributed by atoms with E-state index in [0.29, 0.717) is 5.41 Å². The molecule has 2 fully saturated rings. The molecule has 18 heavy (non-hydrogen) atoms. The summed E-state index contributed by atoms with van der Waals surface area (Å²) in [5.74, 6) is 0.178. The van der Waals surface area contributed by atoms with E-state index in [1.54, 1.807) is 0 Å². The van der Waals surface area contributed by atoms with Crippen molar-refractivity contribution in [3.8, 4) is 0 Å². The molecular formula is C14H27N3O. The van der Waals surface area contributed by atoms with Gasteiger partial charge >= 0.3 is 0 Å². The van der Waals surface area contributed by atoms with Gasteiger partial charge in [-0.05, 0) is 32.1 Å². The van der Waals surface area contributed by atoms with Gasteiger partial charge in [-0.25, -0.2) is 0 Å². The van der Waals surface area contributed by atoms with E-state index in [0.717, 1.165) is 32.7 Å². The summed E-state index contributed by atoms with van der Waals surface area (Å²) in [4.78, 5) is 14.7. The Hall–Kier alpha value is -0.610. The van der Waals surface area contributed by atoms with Crippen LogP contribution in [0.1, 0.15) is 40.0 Å². The van der Waals surface area contributed by atoms with Crippen LogP contribution in [0.2, 0.25) is 0 Å². The van der Waals surface area contributed by atoms with Gasteiger partial charge in [0, 0.05) is 32.7 Å². The highest BCUT2D eigenvalue weighted by molar-refractivity contribution is 5.85. The Kier molecular flexibility index (Phi) is 3.97. The average molecular weight is 253 g/mol. The van der Waals surface area contributed by atoms with Gasteiger partial charge in [0.2, 0.25) is 5.91 Å². The van der Waals surface area contributed by atoms with E-state index in [1.165, 1.54) is 19.3 Å². The molecule has 4 heteroatoms. The zero-order valence-corrected chi connectivity index (χ0v) is 12.0. The van der Waals surface area contributed by atoms with Gasteiger partial charge in [0.25, 0.3) is 0 Å². The number of carbonyl (C=O) groups excluding carboxylic acids is 1. The van der Waals surface area contributed by atoms with E-state index in [9.17, 15) is 4.79 Å². The van der Waals surface area contributed by atoms with Gasteiger partial charge < -0.3 is 10.6 Å². The molecule has 4 nitrogen and oxygen atoms in total. The van der Waals surface area contributed by atoms with Crippen LogP contribution in [0.15, 0.2) is 0 Å². The monoisotopic (exact) mass is 253 g/mol. The Labute approximate surface area is 110 Å². The first-order valence-electron chi connectivity index (χ1n) is 7.18. The largest absolute Gasteiger partial charge is 0.354 e. The van der Waals surface area contributed by atoms with Crippen LogP contribution in [-0.4, -0.2) is 49.1 Å². The highest BCUT2D eigenvalue weighted by Crippen LogP contribution is 2.39. The lowest BCUT2D eigenvalue weighted by Crippen LogP contribution is -2.60. The summed E-state index contributed by atoms with van der Waals surface area (Å²) in [5, 5.41) is 6.49. The van der Waals surface area contributed by atoms with Crippen LogP contribution < -0.4 is 10.6 Å². The lowest BCUT2D eigenvalue weighted by Gasteiger charge is -2.42. The molecule has 1 amide bonds. The second kappa shape index (κ2) is 5.17. The van der Waals surface area contributed by atoms with E-state index in [2.05, 4.69) is 22.5 Å². The molecule has 2 N–H and O–H groups in total. The first-order valence-corrected chi connectivity index (χ1v) is 7.18. The van der Waals surface area contributed by atoms with Crippen LogP contribution in [0.25, 0.3) is 0 Å². The van der Waals surface area contributed by atoms with E-state index >= 15 is 0 Å². The van der Waals surface area contributed by atoms with E-state index < -0.39 is 0 Å². The third-order valence-corrected chi connectivity index (χ3v) is 4.70. The number of amides is 1. The number of nitrogens with one attached hydrogen (secondary N) is 2. The fourth-order valence-corrected chi connectivity index (χ4v) is 2.83. The Balaban J connectivity index is 1.85. The molecule has 104 valence electrons. The number of nitrogens with zero attached hydrogens (tertiary/aromatic N) is 1. The highest BCUT2D eigenvalue weighted by Gasteiger charge is 2.37. The number of rotatable bonds is 4. The maximum atomic E-state index is 12.4. The van der Waals surface area contributed by atoms with Crippen molar-refractivity contribution in [3.05, 3.63) is 0 Å².